The first-order chi connectivity index (χ1) is 18.9. The van der Waals surface area contributed by atoms with E-state index in [1.54, 1.807) is 4.57 Å². The van der Waals surface area contributed by atoms with E-state index in [1.165, 1.54) is 0 Å². The molecular weight excluding hydrogens is 496 g/mol. The molecule has 4 N–H and O–H groups in total. The number of fused-ring (bicyclic) bond motifs is 1. The predicted molar refractivity (Wildman–Crippen MR) is 151 cm³/mol. The predicted octanol–water partition coefficient (Wildman–Crippen LogP) is 3.26. The summed E-state index contributed by atoms with van der Waals surface area (Å²) in [5.74, 6) is 1.37. The van der Waals surface area contributed by atoms with Crippen LogP contribution in [-0.4, -0.2) is 81.9 Å². The van der Waals surface area contributed by atoms with Gasteiger partial charge in [0.25, 0.3) is 0 Å². The van der Waals surface area contributed by atoms with Gasteiger partial charge in [0.2, 0.25) is 5.95 Å². The van der Waals surface area contributed by atoms with E-state index >= 15 is 0 Å². The SMILES string of the molecule is CN(C)CCCOc1cccc(-c2ccc(CNc3nc4ccccc4n3[C@@H]3O[C@H](CO)[C@@H](O)[C@H]3O)cc2)c1. The van der Waals surface area contributed by atoms with Gasteiger partial charge >= 0.3 is 0 Å². The number of nitrogens with one attached hydrogen (secondary N) is 1. The van der Waals surface area contributed by atoms with Crippen LogP contribution < -0.4 is 10.1 Å². The Balaban J connectivity index is 1.28. The molecule has 1 fully saturated rings. The molecule has 0 spiro atoms. The fourth-order valence-electron chi connectivity index (χ4n) is 4.85. The van der Waals surface area contributed by atoms with Gasteiger partial charge in [-0.2, -0.15) is 0 Å². The van der Waals surface area contributed by atoms with Crippen LogP contribution in [0, 0.1) is 0 Å². The maximum absolute atomic E-state index is 10.7. The number of ether oxygens (including phenoxy) is 2. The number of hydrogen-bond donors (Lipinski definition) is 4. The van der Waals surface area contributed by atoms with Crippen LogP contribution >= 0.6 is 0 Å². The van der Waals surface area contributed by atoms with Crippen molar-refractivity contribution in [3.05, 3.63) is 78.4 Å². The number of benzene rings is 3. The van der Waals surface area contributed by atoms with Crippen molar-refractivity contribution in [1.29, 1.82) is 0 Å². The van der Waals surface area contributed by atoms with Crippen LogP contribution in [0.3, 0.4) is 0 Å². The molecule has 1 aliphatic rings. The van der Waals surface area contributed by atoms with E-state index in [4.69, 9.17) is 14.5 Å². The summed E-state index contributed by atoms with van der Waals surface area (Å²) in [4.78, 5) is 6.85. The molecule has 0 bridgehead atoms. The molecule has 1 aromatic heterocycles. The Bertz CT molecular complexity index is 1370. The molecule has 5 rings (SSSR count). The minimum Gasteiger partial charge on any atom is -0.494 e. The van der Waals surface area contributed by atoms with Crippen molar-refractivity contribution in [3.63, 3.8) is 0 Å². The first-order valence-electron chi connectivity index (χ1n) is 13.2. The highest BCUT2D eigenvalue weighted by atomic mass is 16.6. The number of aliphatic hydroxyl groups excluding tert-OH is 3. The highest BCUT2D eigenvalue weighted by molar-refractivity contribution is 5.79. The second kappa shape index (κ2) is 12.1. The normalized spacial score (nSPS) is 21.1. The highest BCUT2D eigenvalue weighted by Crippen LogP contribution is 2.35. The summed E-state index contributed by atoms with van der Waals surface area (Å²) in [6, 6.07) is 24.0. The van der Waals surface area contributed by atoms with Gasteiger partial charge in [-0.3, -0.25) is 4.57 Å². The zero-order chi connectivity index (χ0) is 27.4. The quantitative estimate of drug-likeness (QED) is 0.218. The standard InChI is InChI=1S/C30H36N4O5/c1-33(2)15-6-16-38-23-8-5-7-22(17-23)21-13-11-20(12-14-21)18-31-30-32-24-9-3-4-10-25(24)34(30)29-28(37)27(36)26(19-35)39-29/h3-5,7-14,17,26-29,35-37H,6,15-16,18-19H2,1-2H3,(H,31,32)/t26-,27-,28-,29-/m1/s1. The summed E-state index contributed by atoms with van der Waals surface area (Å²) >= 11 is 0. The molecule has 9 heteroatoms. The molecule has 1 saturated heterocycles. The number of nitrogens with zero attached hydrogens (tertiary/aromatic N) is 3. The minimum absolute atomic E-state index is 0.387. The Morgan fingerprint density at radius 1 is 0.974 bits per heavy atom. The average Bonchev–Trinajstić information content (AvgIpc) is 3.46. The molecule has 39 heavy (non-hydrogen) atoms. The van der Waals surface area contributed by atoms with Crippen LogP contribution in [0.4, 0.5) is 5.95 Å². The van der Waals surface area contributed by atoms with Gasteiger partial charge in [-0.05, 0) is 61.5 Å². The summed E-state index contributed by atoms with van der Waals surface area (Å²) in [6.07, 6.45) is -3.17. The molecule has 0 unspecified atom stereocenters. The maximum Gasteiger partial charge on any atom is 0.206 e. The van der Waals surface area contributed by atoms with E-state index in [9.17, 15) is 15.3 Å². The van der Waals surface area contributed by atoms with Crippen molar-refractivity contribution < 1.29 is 24.8 Å². The smallest absolute Gasteiger partial charge is 0.206 e. The highest BCUT2D eigenvalue weighted by Gasteiger charge is 2.44. The lowest BCUT2D eigenvalue weighted by atomic mass is 10.0. The van der Waals surface area contributed by atoms with Crippen molar-refractivity contribution in [3.8, 4) is 16.9 Å². The van der Waals surface area contributed by atoms with Gasteiger partial charge in [0.1, 0.15) is 24.1 Å². The number of imidazole rings is 1. The zero-order valence-electron chi connectivity index (χ0n) is 22.3. The lowest BCUT2D eigenvalue weighted by Gasteiger charge is -2.20. The first kappa shape index (κ1) is 27.1. The summed E-state index contributed by atoms with van der Waals surface area (Å²) in [6.45, 7) is 1.78. The van der Waals surface area contributed by atoms with Crippen LogP contribution in [-0.2, 0) is 11.3 Å². The number of rotatable bonds is 11. The molecule has 2 heterocycles. The zero-order valence-corrected chi connectivity index (χ0v) is 22.3. The lowest BCUT2D eigenvalue weighted by molar-refractivity contribution is -0.0499. The second-order valence-corrected chi connectivity index (χ2v) is 10.1. The van der Waals surface area contributed by atoms with Crippen molar-refractivity contribution in [1.82, 2.24) is 14.5 Å². The van der Waals surface area contributed by atoms with E-state index in [0.29, 0.717) is 19.1 Å². The van der Waals surface area contributed by atoms with Crippen molar-refractivity contribution in [2.24, 2.45) is 0 Å². The summed E-state index contributed by atoms with van der Waals surface area (Å²) in [5, 5.41) is 33.9. The van der Waals surface area contributed by atoms with Gasteiger partial charge < -0.3 is 35.0 Å². The number of hydrogen-bond acceptors (Lipinski definition) is 8. The van der Waals surface area contributed by atoms with E-state index < -0.39 is 24.5 Å². The van der Waals surface area contributed by atoms with Gasteiger partial charge in [0.15, 0.2) is 6.23 Å². The van der Waals surface area contributed by atoms with Gasteiger partial charge in [-0.15, -0.1) is 0 Å². The topological polar surface area (TPSA) is 112 Å². The molecule has 9 nitrogen and oxygen atoms in total. The van der Waals surface area contributed by atoms with Gasteiger partial charge in [-0.25, -0.2) is 4.98 Å². The molecule has 4 aromatic rings. The molecule has 3 aromatic carbocycles. The summed E-state index contributed by atoms with van der Waals surface area (Å²) in [5.41, 5.74) is 4.72. The fourth-order valence-corrected chi connectivity index (χ4v) is 4.85. The van der Waals surface area contributed by atoms with Crippen LogP contribution in [0.1, 0.15) is 18.2 Å². The Hall–Kier alpha value is -3.47. The average molecular weight is 533 g/mol. The van der Waals surface area contributed by atoms with Crippen LogP contribution in [0.25, 0.3) is 22.2 Å². The molecule has 1 aliphatic heterocycles. The lowest BCUT2D eigenvalue weighted by Crippen LogP contribution is -2.33. The molecular formula is C30H36N4O5. The summed E-state index contributed by atoms with van der Waals surface area (Å²) in [7, 11) is 4.12. The monoisotopic (exact) mass is 532 g/mol. The largest absolute Gasteiger partial charge is 0.494 e. The number of anilines is 1. The Labute approximate surface area is 228 Å². The van der Waals surface area contributed by atoms with Crippen molar-refractivity contribution in [2.45, 2.75) is 37.5 Å². The van der Waals surface area contributed by atoms with Gasteiger partial charge in [0.05, 0.1) is 24.2 Å². The number of aromatic nitrogens is 2. The van der Waals surface area contributed by atoms with Gasteiger partial charge in [0, 0.05) is 13.1 Å². The van der Waals surface area contributed by atoms with E-state index in [-0.39, 0.29) is 6.61 Å². The van der Waals surface area contributed by atoms with Crippen molar-refractivity contribution >= 4 is 17.0 Å². The van der Waals surface area contributed by atoms with E-state index in [0.717, 1.165) is 46.4 Å². The third-order valence-corrected chi connectivity index (χ3v) is 6.96. The molecule has 0 radical (unpaired) electrons. The first-order valence-corrected chi connectivity index (χ1v) is 13.2. The maximum atomic E-state index is 10.7. The fraction of sp³-hybridized carbons (Fsp3) is 0.367. The second-order valence-electron chi connectivity index (χ2n) is 10.1. The van der Waals surface area contributed by atoms with E-state index in [1.807, 2.05) is 36.4 Å². The van der Waals surface area contributed by atoms with Crippen molar-refractivity contribution in [2.75, 3.05) is 39.2 Å². The molecule has 0 saturated carbocycles. The Morgan fingerprint density at radius 3 is 2.51 bits per heavy atom. The third-order valence-electron chi connectivity index (χ3n) is 6.96. The molecule has 0 aliphatic carbocycles. The van der Waals surface area contributed by atoms with E-state index in [2.05, 4.69) is 60.7 Å². The summed E-state index contributed by atoms with van der Waals surface area (Å²) < 4.78 is 13.5. The number of aliphatic hydroxyl groups is 3. The minimum atomic E-state index is -1.20. The van der Waals surface area contributed by atoms with Gasteiger partial charge in [-0.1, -0.05) is 48.5 Å². The Morgan fingerprint density at radius 2 is 1.77 bits per heavy atom. The van der Waals surface area contributed by atoms with Crippen LogP contribution in [0.2, 0.25) is 0 Å². The Kier molecular flexibility index (Phi) is 8.44. The third kappa shape index (κ3) is 6.08. The molecule has 0 amide bonds. The van der Waals surface area contributed by atoms with Crippen LogP contribution in [0.5, 0.6) is 5.75 Å². The number of para-hydroxylation sites is 2. The van der Waals surface area contributed by atoms with Crippen LogP contribution in [0.15, 0.2) is 72.8 Å². The molecule has 4 atom stereocenters. The molecule has 206 valence electrons.